The van der Waals surface area contributed by atoms with Gasteiger partial charge in [-0.15, -0.1) is 12.3 Å². The lowest BCUT2D eigenvalue weighted by Gasteiger charge is -2.36. The van der Waals surface area contributed by atoms with E-state index >= 15 is 0 Å². The highest BCUT2D eigenvalue weighted by Crippen LogP contribution is 2.23. The first-order chi connectivity index (χ1) is 7.14. The van der Waals surface area contributed by atoms with Crippen LogP contribution >= 0.6 is 0 Å². The number of hydrazine groups is 1. The van der Waals surface area contributed by atoms with E-state index < -0.39 is 0 Å². The van der Waals surface area contributed by atoms with Gasteiger partial charge in [0.25, 0.3) is 0 Å². The summed E-state index contributed by atoms with van der Waals surface area (Å²) in [5.41, 5.74) is 2.65. The van der Waals surface area contributed by atoms with Gasteiger partial charge < -0.3 is 4.74 Å². The standard InChI is InChI=1S/C12H24N2O/c1-5-8-9-10-11(14-13)12(4,6-2)15-7-3/h1,11,14H,6-10,13H2,2-4H3. The molecule has 0 aliphatic rings. The van der Waals surface area contributed by atoms with Crippen LogP contribution in [-0.4, -0.2) is 18.2 Å². The zero-order valence-electron chi connectivity index (χ0n) is 10.2. The second kappa shape index (κ2) is 7.70. The van der Waals surface area contributed by atoms with Gasteiger partial charge in [-0.2, -0.15) is 0 Å². The van der Waals surface area contributed by atoms with Crippen molar-refractivity contribution >= 4 is 0 Å². The Bertz CT molecular complexity index is 200. The highest BCUT2D eigenvalue weighted by molar-refractivity contribution is 4.89. The summed E-state index contributed by atoms with van der Waals surface area (Å²) >= 11 is 0. The van der Waals surface area contributed by atoms with Crippen molar-refractivity contribution in [3.8, 4) is 12.3 Å². The minimum absolute atomic E-state index is 0.163. The Kier molecular flexibility index (Phi) is 7.41. The van der Waals surface area contributed by atoms with Crippen molar-refractivity contribution in [2.45, 2.75) is 58.1 Å². The van der Waals surface area contributed by atoms with E-state index in [0.29, 0.717) is 6.61 Å². The average molecular weight is 212 g/mol. The van der Waals surface area contributed by atoms with Gasteiger partial charge in [-0.05, 0) is 33.1 Å². The fraction of sp³-hybridized carbons (Fsp3) is 0.833. The summed E-state index contributed by atoms with van der Waals surface area (Å²) in [7, 11) is 0. The van der Waals surface area contributed by atoms with Crippen molar-refractivity contribution in [3.05, 3.63) is 0 Å². The van der Waals surface area contributed by atoms with Crippen molar-refractivity contribution in [1.29, 1.82) is 0 Å². The quantitative estimate of drug-likeness (QED) is 0.279. The van der Waals surface area contributed by atoms with Gasteiger partial charge in [0.2, 0.25) is 0 Å². The van der Waals surface area contributed by atoms with E-state index in [1.165, 1.54) is 0 Å². The number of hydrogen-bond donors (Lipinski definition) is 2. The highest BCUT2D eigenvalue weighted by Gasteiger charge is 2.31. The van der Waals surface area contributed by atoms with Gasteiger partial charge in [-0.25, -0.2) is 0 Å². The van der Waals surface area contributed by atoms with Crippen LogP contribution in [-0.2, 0) is 4.74 Å². The highest BCUT2D eigenvalue weighted by atomic mass is 16.5. The van der Waals surface area contributed by atoms with Crippen LogP contribution in [0.15, 0.2) is 0 Å². The first-order valence-corrected chi connectivity index (χ1v) is 5.68. The summed E-state index contributed by atoms with van der Waals surface area (Å²) in [6.07, 6.45) is 8.89. The summed E-state index contributed by atoms with van der Waals surface area (Å²) in [6, 6.07) is 0.163. The topological polar surface area (TPSA) is 47.3 Å². The molecular weight excluding hydrogens is 188 g/mol. The molecule has 88 valence electrons. The van der Waals surface area contributed by atoms with Crippen molar-refractivity contribution in [1.82, 2.24) is 5.43 Å². The first kappa shape index (κ1) is 14.4. The molecule has 0 aromatic rings. The van der Waals surface area contributed by atoms with E-state index in [0.717, 1.165) is 25.7 Å². The van der Waals surface area contributed by atoms with Crippen molar-refractivity contribution in [3.63, 3.8) is 0 Å². The van der Waals surface area contributed by atoms with Crippen LogP contribution in [0.25, 0.3) is 0 Å². The maximum absolute atomic E-state index is 5.77. The summed E-state index contributed by atoms with van der Waals surface area (Å²) < 4.78 is 5.77. The van der Waals surface area contributed by atoms with Crippen LogP contribution in [0.2, 0.25) is 0 Å². The van der Waals surface area contributed by atoms with Gasteiger partial charge in [-0.3, -0.25) is 11.3 Å². The van der Waals surface area contributed by atoms with E-state index in [2.05, 4.69) is 25.2 Å². The summed E-state index contributed by atoms with van der Waals surface area (Å²) in [6.45, 7) is 6.92. The molecule has 3 N–H and O–H groups in total. The van der Waals surface area contributed by atoms with E-state index in [-0.39, 0.29) is 11.6 Å². The van der Waals surface area contributed by atoms with Crippen LogP contribution in [0.4, 0.5) is 0 Å². The minimum Gasteiger partial charge on any atom is -0.374 e. The third kappa shape index (κ3) is 4.65. The second-order valence-corrected chi connectivity index (χ2v) is 3.91. The van der Waals surface area contributed by atoms with Gasteiger partial charge in [0, 0.05) is 19.1 Å². The van der Waals surface area contributed by atoms with Crippen LogP contribution in [0, 0.1) is 12.3 Å². The minimum atomic E-state index is -0.196. The molecule has 0 radical (unpaired) electrons. The molecule has 0 bridgehead atoms. The van der Waals surface area contributed by atoms with Gasteiger partial charge >= 0.3 is 0 Å². The molecule has 0 amide bonds. The van der Waals surface area contributed by atoms with Gasteiger partial charge in [0.15, 0.2) is 0 Å². The molecule has 2 unspecified atom stereocenters. The molecule has 0 rings (SSSR count). The Hall–Kier alpha value is -0.560. The molecule has 3 heteroatoms. The molecule has 0 aromatic carbocycles. The molecule has 0 aliphatic carbocycles. The Labute approximate surface area is 93.7 Å². The summed E-state index contributed by atoms with van der Waals surface area (Å²) in [4.78, 5) is 0. The zero-order chi connectivity index (χ0) is 11.7. The Morgan fingerprint density at radius 2 is 2.20 bits per heavy atom. The van der Waals surface area contributed by atoms with Crippen LogP contribution in [0.5, 0.6) is 0 Å². The third-order valence-electron chi connectivity index (χ3n) is 2.93. The number of unbranched alkanes of at least 4 members (excludes halogenated alkanes) is 1. The molecule has 0 aliphatic heterocycles. The number of terminal acetylenes is 1. The molecule has 0 aromatic heterocycles. The summed E-state index contributed by atoms with van der Waals surface area (Å²) in [5, 5.41) is 0. The predicted molar refractivity (Wildman–Crippen MR) is 64.1 cm³/mol. The van der Waals surface area contributed by atoms with E-state index in [4.69, 9.17) is 17.0 Å². The number of nitrogens with two attached hydrogens (primary N) is 1. The smallest absolute Gasteiger partial charge is 0.0817 e. The maximum atomic E-state index is 5.77. The number of hydrogen-bond acceptors (Lipinski definition) is 3. The number of nitrogens with one attached hydrogen (secondary N) is 1. The lowest BCUT2D eigenvalue weighted by molar-refractivity contribution is -0.0573. The van der Waals surface area contributed by atoms with Crippen LogP contribution in [0.3, 0.4) is 0 Å². The van der Waals surface area contributed by atoms with Crippen molar-refractivity contribution in [2.75, 3.05) is 6.61 Å². The van der Waals surface area contributed by atoms with Gasteiger partial charge in [-0.1, -0.05) is 6.92 Å². The van der Waals surface area contributed by atoms with Crippen molar-refractivity contribution < 1.29 is 4.74 Å². The Morgan fingerprint density at radius 1 is 1.53 bits per heavy atom. The SMILES string of the molecule is C#CCCCC(NN)C(C)(CC)OCC. The van der Waals surface area contributed by atoms with E-state index in [9.17, 15) is 0 Å². The van der Waals surface area contributed by atoms with E-state index in [1.807, 2.05) is 6.92 Å². The lowest BCUT2D eigenvalue weighted by Crippen LogP contribution is -2.52. The molecule has 0 fully saturated rings. The fourth-order valence-electron chi connectivity index (χ4n) is 1.75. The normalized spacial score (nSPS) is 16.7. The summed E-state index contributed by atoms with van der Waals surface area (Å²) in [5.74, 6) is 8.20. The fourth-order valence-corrected chi connectivity index (χ4v) is 1.75. The molecule has 3 nitrogen and oxygen atoms in total. The molecule has 2 atom stereocenters. The van der Waals surface area contributed by atoms with E-state index in [1.54, 1.807) is 0 Å². The molecule has 15 heavy (non-hydrogen) atoms. The zero-order valence-corrected chi connectivity index (χ0v) is 10.2. The molecule has 0 spiro atoms. The van der Waals surface area contributed by atoms with Gasteiger partial charge in [0.05, 0.1) is 5.60 Å². The largest absolute Gasteiger partial charge is 0.374 e. The Balaban J connectivity index is 4.27. The third-order valence-corrected chi connectivity index (χ3v) is 2.93. The molecular formula is C12H24N2O. The average Bonchev–Trinajstić information content (AvgIpc) is 2.24. The monoisotopic (exact) mass is 212 g/mol. The van der Waals surface area contributed by atoms with Crippen molar-refractivity contribution in [2.24, 2.45) is 5.84 Å². The van der Waals surface area contributed by atoms with Gasteiger partial charge in [0.1, 0.15) is 0 Å². The predicted octanol–water partition coefficient (Wildman–Crippen LogP) is 1.83. The maximum Gasteiger partial charge on any atom is 0.0817 e. The second-order valence-electron chi connectivity index (χ2n) is 3.91. The number of ether oxygens (including phenoxy) is 1. The molecule has 0 saturated heterocycles. The van der Waals surface area contributed by atoms with Crippen LogP contribution in [0.1, 0.15) is 46.5 Å². The molecule has 0 saturated carbocycles. The lowest BCUT2D eigenvalue weighted by atomic mass is 9.89. The molecule has 0 heterocycles. The number of rotatable bonds is 8. The first-order valence-electron chi connectivity index (χ1n) is 5.68. The Morgan fingerprint density at radius 3 is 2.60 bits per heavy atom. The van der Waals surface area contributed by atoms with Crippen LogP contribution < -0.4 is 11.3 Å².